The predicted molar refractivity (Wildman–Crippen MR) is 118 cm³/mol. The number of amides is 1. The standard InChI is InChI=1S/C22H16BrN3O5/c1-14-3-2-4-16(11-14)22(28)31-20-10-7-18(23)12-17(20)13-24-25-21(27)15-5-8-19(9-6-15)26(29)30/h2-13H,1H3,(H,25,27). The number of aryl methyl sites for hydroxylation is 1. The zero-order valence-corrected chi connectivity index (χ0v) is 17.8. The predicted octanol–water partition coefficient (Wildman–Crippen LogP) is 4.65. The number of carbonyl (C=O) groups is 2. The second-order valence-electron chi connectivity index (χ2n) is 6.44. The van der Waals surface area contributed by atoms with Crippen LogP contribution in [0.2, 0.25) is 0 Å². The molecule has 0 radical (unpaired) electrons. The third-order valence-corrected chi connectivity index (χ3v) is 4.63. The van der Waals surface area contributed by atoms with Crippen molar-refractivity contribution in [2.24, 2.45) is 5.10 Å². The van der Waals surface area contributed by atoms with Crippen molar-refractivity contribution in [1.29, 1.82) is 0 Å². The lowest BCUT2D eigenvalue weighted by atomic mass is 10.1. The molecule has 0 bridgehead atoms. The average Bonchev–Trinajstić information content (AvgIpc) is 2.75. The number of nitro groups is 1. The van der Waals surface area contributed by atoms with Gasteiger partial charge < -0.3 is 4.74 Å². The molecule has 0 atom stereocenters. The number of hydrazone groups is 1. The number of ether oxygens (including phenoxy) is 1. The molecular formula is C22H16BrN3O5. The molecular weight excluding hydrogens is 466 g/mol. The van der Waals surface area contributed by atoms with E-state index in [1.54, 1.807) is 36.4 Å². The number of hydrogen-bond donors (Lipinski definition) is 1. The average molecular weight is 482 g/mol. The summed E-state index contributed by atoms with van der Waals surface area (Å²) in [6.45, 7) is 1.88. The highest BCUT2D eigenvalue weighted by molar-refractivity contribution is 9.10. The van der Waals surface area contributed by atoms with Crippen molar-refractivity contribution >= 4 is 39.7 Å². The lowest BCUT2D eigenvalue weighted by Crippen LogP contribution is -2.17. The van der Waals surface area contributed by atoms with Gasteiger partial charge in [0.1, 0.15) is 5.75 Å². The number of carbonyl (C=O) groups excluding carboxylic acids is 2. The Morgan fingerprint density at radius 3 is 2.48 bits per heavy atom. The Labute approximate surface area is 185 Å². The van der Waals surface area contributed by atoms with E-state index in [4.69, 9.17) is 4.74 Å². The largest absolute Gasteiger partial charge is 0.422 e. The molecule has 0 saturated heterocycles. The number of nitrogens with one attached hydrogen (secondary N) is 1. The molecule has 0 spiro atoms. The molecule has 0 aromatic heterocycles. The minimum absolute atomic E-state index is 0.116. The van der Waals surface area contributed by atoms with Crippen LogP contribution in [0.1, 0.15) is 31.8 Å². The Kier molecular flexibility index (Phi) is 6.88. The third kappa shape index (κ3) is 5.83. The first-order valence-corrected chi connectivity index (χ1v) is 9.79. The van der Waals surface area contributed by atoms with E-state index in [0.717, 1.165) is 10.0 Å². The van der Waals surface area contributed by atoms with Gasteiger partial charge >= 0.3 is 5.97 Å². The Morgan fingerprint density at radius 2 is 1.81 bits per heavy atom. The van der Waals surface area contributed by atoms with E-state index in [1.165, 1.54) is 30.5 Å². The summed E-state index contributed by atoms with van der Waals surface area (Å²) >= 11 is 3.35. The fraction of sp³-hybridized carbons (Fsp3) is 0.0455. The van der Waals surface area contributed by atoms with Crippen molar-refractivity contribution < 1.29 is 19.2 Å². The van der Waals surface area contributed by atoms with Gasteiger partial charge in [-0.15, -0.1) is 0 Å². The van der Waals surface area contributed by atoms with Gasteiger partial charge in [0, 0.05) is 27.7 Å². The fourth-order valence-electron chi connectivity index (χ4n) is 2.60. The lowest BCUT2D eigenvalue weighted by Gasteiger charge is -2.08. The maximum Gasteiger partial charge on any atom is 0.343 e. The van der Waals surface area contributed by atoms with E-state index in [0.29, 0.717) is 11.1 Å². The minimum Gasteiger partial charge on any atom is -0.422 e. The van der Waals surface area contributed by atoms with Crippen LogP contribution in [0.25, 0.3) is 0 Å². The summed E-state index contributed by atoms with van der Waals surface area (Å²) in [7, 11) is 0. The van der Waals surface area contributed by atoms with Crippen molar-refractivity contribution in [1.82, 2.24) is 5.43 Å². The minimum atomic E-state index is -0.549. The van der Waals surface area contributed by atoms with E-state index >= 15 is 0 Å². The zero-order chi connectivity index (χ0) is 22.4. The molecule has 3 aromatic carbocycles. The summed E-state index contributed by atoms with van der Waals surface area (Å²) in [5.74, 6) is -0.793. The quantitative estimate of drug-likeness (QED) is 0.181. The molecule has 3 aromatic rings. The first kappa shape index (κ1) is 21.8. The highest BCUT2D eigenvalue weighted by Crippen LogP contribution is 2.23. The summed E-state index contributed by atoms with van der Waals surface area (Å²) in [5.41, 5.74) is 4.24. The first-order chi connectivity index (χ1) is 14.8. The van der Waals surface area contributed by atoms with Crippen LogP contribution in [-0.4, -0.2) is 23.0 Å². The van der Waals surface area contributed by atoms with E-state index in [2.05, 4.69) is 26.5 Å². The van der Waals surface area contributed by atoms with Crippen LogP contribution in [0.15, 0.2) is 76.3 Å². The lowest BCUT2D eigenvalue weighted by molar-refractivity contribution is -0.384. The van der Waals surface area contributed by atoms with Gasteiger partial charge in [0.25, 0.3) is 11.6 Å². The van der Waals surface area contributed by atoms with Crippen molar-refractivity contribution in [2.75, 3.05) is 0 Å². The number of hydrogen-bond acceptors (Lipinski definition) is 6. The third-order valence-electron chi connectivity index (χ3n) is 4.14. The van der Waals surface area contributed by atoms with Crippen LogP contribution in [0.3, 0.4) is 0 Å². The zero-order valence-electron chi connectivity index (χ0n) is 16.2. The number of nitrogens with zero attached hydrogens (tertiary/aromatic N) is 2. The summed E-state index contributed by atoms with van der Waals surface area (Å²) in [4.78, 5) is 34.8. The molecule has 3 rings (SSSR count). The maximum absolute atomic E-state index is 12.4. The molecule has 0 heterocycles. The molecule has 8 nitrogen and oxygen atoms in total. The van der Waals surface area contributed by atoms with Crippen LogP contribution in [-0.2, 0) is 0 Å². The van der Waals surface area contributed by atoms with Gasteiger partial charge in [-0.25, -0.2) is 10.2 Å². The normalized spacial score (nSPS) is 10.6. The van der Waals surface area contributed by atoms with Crippen molar-refractivity contribution in [2.45, 2.75) is 6.92 Å². The Morgan fingerprint density at radius 1 is 1.06 bits per heavy atom. The Balaban J connectivity index is 1.72. The summed E-state index contributed by atoms with van der Waals surface area (Å²) in [5, 5.41) is 14.6. The molecule has 0 aliphatic rings. The number of non-ortho nitro benzene ring substituents is 1. The number of rotatable bonds is 6. The molecule has 1 N–H and O–H groups in total. The molecule has 156 valence electrons. The molecule has 0 saturated carbocycles. The van der Waals surface area contributed by atoms with E-state index < -0.39 is 16.8 Å². The van der Waals surface area contributed by atoms with E-state index in [9.17, 15) is 19.7 Å². The highest BCUT2D eigenvalue weighted by atomic mass is 79.9. The Bertz CT molecular complexity index is 1180. The molecule has 0 fully saturated rings. The molecule has 0 unspecified atom stereocenters. The highest BCUT2D eigenvalue weighted by Gasteiger charge is 2.12. The molecule has 0 aliphatic carbocycles. The monoisotopic (exact) mass is 481 g/mol. The molecule has 31 heavy (non-hydrogen) atoms. The van der Waals surface area contributed by atoms with Crippen LogP contribution in [0, 0.1) is 17.0 Å². The maximum atomic E-state index is 12.4. The van der Waals surface area contributed by atoms with Gasteiger partial charge in [-0.2, -0.15) is 5.10 Å². The van der Waals surface area contributed by atoms with Gasteiger partial charge in [-0.3, -0.25) is 14.9 Å². The van der Waals surface area contributed by atoms with E-state index in [-0.39, 0.29) is 17.0 Å². The first-order valence-electron chi connectivity index (χ1n) is 9.00. The summed E-state index contributed by atoms with van der Waals surface area (Å²) in [6, 6.07) is 17.2. The van der Waals surface area contributed by atoms with Crippen molar-refractivity contribution in [3.05, 3.63) is 104 Å². The van der Waals surface area contributed by atoms with Crippen LogP contribution in [0.5, 0.6) is 5.75 Å². The second kappa shape index (κ2) is 9.77. The Hall–Kier alpha value is -3.85. The number of nitro benzene ring substituents is 1. The number of esters is 1. The van der Waals surface area contributed by atoms with Crippen LogP contribution in [0.4, 0.5) is 5.69 Å². The SMILES string of the molecule is Cc1cccc(C(=O)Oc2ccc(Br)cc2C=NNC(=O)c2ccc([N+](=O)[O-])cc2)c1. The molecule has 0 aliphatic heterocycles. The van der Waals surface area contributed by atoms with Gasteiger partial charge in [-0.05, 0) is 49.4 Å². The topological polar surface area (TPSA) is 111 Å². The van der Waals surface area contributed by atoms with Gasteiger partial charge in [0.05, 0.1) is 16.7 Å². The molecule has 9 heteroatoms. The van der Waals surface area contributed by atoms with Crippen LogP contribution < -0.4 is 10.2 Å². The van der Waals surface area contributed by atoms with E-state index in [1.807, 2.05) is 13.0 Å². The second-order valence-corrected chi connectivity index (χ2v) is 7.36. The summed E-state index contributed by atoms with van der Waals surface area (Å²) < 4.78 is 6.22. The summed E-state index contributed by atoms with van der Waals surface area (Å²) in [6.07, 6.45) is 1.34. The van der Waals surface area contributed by atoms with Gasteiger partial charge in [-0.1, -0.05) is 33.6 Å². The van der Waals surface area contributed by atoms with Crippen molar-refractivity contribution in [3.8, 4) is 5.75 Å². The van der Waals surface area contributed by atoms with Crippen molar-refractivity contribution in [3.63, 3.8) is 0 Å². The number of halogens is 1. The van der Waals surface area contributed by atoms with Gasteiger partial charge in [0.15, 0.2) is 0 Å². The van der Waals surface area contributed by atoms with Gasteiger partial charge in [0.2, 0.25) is 0 Å². The fourth-order valence-corrected chi connectivity index (χ4v) is 2.98. The smallest absolute Gasteiger partial charge is 0.343 e. The molecule has 1 amide bonds. The number of benzene rings is 3. The van der Waals surface area contributed by atoms with Crippen LogP contribution >= 0.6 is 15.9 Å².